The third kappa shape index (κ3) is 2.18. The van der Waals surface area contributed by atoms with Gasteiger partial charge >= 0.3 is 0 Å². The Morgan fingerprint density at radius 1 is 1.38 bits per heavy atom. The molecule has 1 aliphatic heterocycles. The minimum Gasteiger partial charge on any atom is -0.319 e. The second kappa shape index (κ2) is 5.23. The minimum atomic E-state index is 0. The molecule has 4 nitrogen and oxygen atoms in total. The van der Waals surface area contributed by atoms with E-state index in [2.05, 4.69) is 24.9 Å². The first-order chi connectivity index (χ1) is 10.2. The predicted molar refractivity (Wildman–Crippen MR) is 87.3 cm³/mol. The molecule has 1 aromatic heterocycles. The van der Waals surface area contributed by atoms with E-state index in [1.807, 2.05) is 31.2 Å². The zero-order valence-corrected chi connectivity index (χ0v) is 12.6. The van der Waals surface area contributed by atoms with Crippen molar-refractivity contribution in [2.75, 3.05) is 5.32 Å². The number of hydrogen-bond donors (Lipinski definition) is 1. The molecule has 2 heterocycles. The molecule has 3 rings (SSSR count). The van der Waals surface area contributed by atoms with Crippen LogP contribution in [0.25, 0.3) is 5.70 Å². The molecule has 0 spiro atoms. The summed E-state index contributed by atoms with van der Waals surface area (Å²) < 4.78 is 1.62. The maximum atomic E-state index is 12.9. The van der Waals surface area contributed by atoms with Gasteiger partial charge in [-0.2, -0.15) is 0 Å². The fourth-order valence-corrected chi connectivity index (χ4v) is 2.66. The summed E-state index contributed by atoms with van der Waals surface area (Å²) in [7, 11) is 0. The van der Waals surface area contributed by atoms with Crippen LogP contribution in [-0.4, -0.2) is 9.55 Å². The molecule has 110 valence electrons. The quantitative estimate of drug-likeness (QED) is 0.864. The van der Waals surface area contributed by atoms with Gasteiger partial charge in [-0.15, -0.1) is 0 Å². The van der Waals surface area contributed by atoms with Crippen LogP contribution in [0.2, 0.25) is 0 Å². The molecule has 1 atom stereocenters. The molecule has 1 N–H and O–H groups in total. The fraction of sp³-hybridized carbons (Fsp3) is 0.353. The SMILES string of the molecule is CCc1c(C(C)CC)nc2n(c1=O)C1=C=C(C=CC=C1)N2.[HH]. The van der Waals surface area contributed by atoms with E-state index < -0.39 is 0 Å². The van der Waals surface area contributed by atoms with Crippen molar-refractivity contribution in [3.63, 3.8) is 0 Å². The summed E-state index contributed by atoms with van der Waals surface area (Å²) in [6.45, 7) is 6.24. The Morgan fingerprint density at radius 3 is 2.86 bits per heavy atom. The van der Waals surface area contributed by atoms with Crippen molar-refractivity contribution in [3.05, 3.63) is 57.3 Å². The number of anilines is 1. The van der Waals surface area contributed by atoms with E-state index >= 15 is 0 Å². The average Bonchev–Trinajstić information content (AvgIpc) is 2.67. The number of nitrogens with one attached hydrogen (secondary N) is 1. The summed E-state index contributed by atoms with van der Waals surface area (Å²) in [5.74, 6) is 0.866. The van der Waals surface area contributed by atoms with Gasteiger partial charge in [-0.25, -0.2) is 9.55 Å². The molecule has 2 bridgehead atoms. The predicted octanol–water partition coefficient (Wildman–Crippen LogP) is 3.44. The molecule has 0 saturated heterocycles. The normalized spacial score (nSPS) is 16.5. The lowest BCUT2D eigenvalue weighted by Gasteiger charge is -2.21. The number of allylic oxidation sites excluding steroid dienone is 4. The Hall–Kier alpha value is -2.32. The molecule has 0 radical (unpaired) electrons. The maximum absolute atomic E-state index is 12.9. The van der Waals surface area contributed by atoms with Gasteiger partial charge in [0.1, 0.15) is 0 Å². The van der Waals surface area contributed by atoms with Crippen LogP contribution in [0.4, 0.5) is 5.95 Å². The number of fused-ring (bicyclic) bond motifs is 2. The first kappa shape index (κ1) is 13.7. The lowest BCUT2D eigenvalue weighted by Crippen LogP contribution is -2.30. The Kier molecular flexibility index (Phi) is 3.40. The van der Waals surface area contributed by atoms with Crippen LogP contribution in [0.3, 0.4) is 0 Å². The van der Waals surface area contributed by atoms with Crippen molar-refractivity contribution in [1.82, 2.24) is 9.55 Å². The highest BCUT2D eigenvalue weighted by atomic mass is 16.1. The van der Waals surface area contributed by atoms with Crippen LogP contribution in [0.1, 0.15) is 45.8 Å². The van der Waals surface area contributed by atoms with Gasteiger partial charge in [-0.05, 0) is 30.9 Å². The second-order valence-electron chi connectivity index (χ2n) is 5.37. The first-order valence-corrected chi connectivity index (χ1v) is 7.44. The number of rotatable bonds is 3. The zero-order valence-electron chi connectivity index (χ0n) is 12.6. The van der Waals surface area contributed by atoms with Crippen LogP contribution < -0.4 is 10.9 Å². The van der Waals surface area contributed by atoms with Crippen LogP contribution in [0, 0.1) is 0 Å². The molecule has 2 aliphatic rings. The van der Waals surface area contributed by atoms with E-state index in [-0.39, 0.29) is 12.9 Å². The van der Waals surface area contributed by atoms with Crippen LogP contribution in [0.5, 0.6) is 0 Å². The number of hydrogen-bond acceptors (Lipinski definition) is 3. The van der Waals surface area contributed by atoms with Gasteiger partial charge in [0.05, 0.1) is 17.1 Å². The highest BCUT2D eigenvalue weighted by Gasteiger charge is 2.22. The van der Waals surface area contributed by atoms with Gasteiger partial charge in [-0.1, -0.05) is 38.7 Å². The Balaban J connectivity index is 0.00000176. The largest absolute Gasteiger partial charge is 0.319 e. The fourth-order valence-electron chi connectivity index (χ4n) is 2.66. The highest BCUT2D eigenvalue weighted by Crippen LogP contribution is 2.25. The summed E-state index contributed by atoms with van der Waals surface area (Å²) in [5.41, 5.74) is 6.50. The van der Waals surface area contributed by atoms with Crippen molar-refractivity contribution < 1.29 is 1.43 Å². The van der Waals surface area contributed by atoms with E-state index in [1.165, 1.54) is 0 Å². The summed E-state index contributed by atoms with van der Waals surface area (Å²) >= 11 is 0. The molecule has 0 aromatic carbocycles. The Labute approximate surface area is 125 Å². The smallest absolute Gasteiger partial charge is 0.263 e. The van der Waals surface area contributed by atoms with Crippen molar-refractivity contribution in [1.29, 1.82) is 0 Å². The van der Waals surface area contributed by atoms with E-state index in [4.69, 9.17) is 4.98 Å². The van der Waals surface area contributed by atoms with Gasteiger partial charge in [0.25, 0.3) is 5.56 Å². The molecular formula is C17H21N3O. The van der Waals surface area contributed by atoms with Crippen molar-refractivity contribution >= 4 is 11.6 Å². The van der Waals surface area contributed by atoms with E-state index in [9.17, 15) is 4.79 Å². The van der Waals surface area contributed by atoms with Gasteiger partial charge in [-0.3, -0.25) is 4.79 Å². The third-order valence-corrected chi connectivity index (χ3v) is 4.02. The Morgan fingerprint density at radius 2 is 2.14 bits per heavy atom. The zero-order chi connectivity index (χ0) is 15.0. The summed E-state index contributed by atoms with van der Waals surface area (Å²) in [4.78, 5) is 17.6. The molecule has 4 heteroatoms. The molecule has 21 heavy (non-hydrogen) atoms. The highest BCUT2D eigenvalue weighted by molar-refractivity contribution is 5.69. The summed E-state index contributed by atoms with van der Waals surface area (Å²) in [5, 5.41) is 3.19. The minimum absolute atomic E-state index is 0. The van der Waals surface area contributed by atoms with E-state index in [0.717, 1.165) is 29.1 Å². The van der Waals surface area contributed by atoms with Crippen molar-refractivity contribution in [2.45, 2.75) is 39.5 Å². The van der Waals surface area contributed by atoms with E-state index in [0.29, 0.717) is 12.4 Å². The standard InChI is InChI=1S/C17H19N3O.H2/c1-4-11(3)15-14(5-2)16(21)20-13-9-7-6-8-12(10-13)18-17(20)19-15;/h6-9,11H,4-5H2,1-3H3,(H,18,19);1H. The molecule has 0 amide bonds. The summed E-state index contributed by atoms with van der Waals surface area (Å²) in [6, 6.07) is 0. The monoisotopic (exact) mass is 283 g/mol. The van der Waals surface area contributed by atoms with Crippen LogP contribution in [0.15, 0.2) is 40.5 Å². The number of nitrogens with zero attached hydrogens (tertiary/aromatic N) is 2. The van der Waals surface area contributed by atoms with Gasteiger partial charge in [0, 0.05) is 6.99 Å². The van der Waals surface area contributed by atoms with Gasteiger partial charge in [0.15, 0.2) is 0 Å². The number of aromatic nitrogens is 2. The van der Waals surface area contributed by atoms with Crippen LogP contribution in [-0.2, 0) is 6.42 Å². The third-order valence-electron chi connectivity index (χ3n) is 4.02. The maximum Gasteiger partial charge on any atom is 0.263 e. The average molecular weight is 283 g/mol. The topological polar surface area (TPSA) is 46.9 Å². The van der Waals surface area contributed by atoms with E-state index in [1.54, 1.807) is 4.57 Å². The first-order valence-electron chi connectivity index (χ1n) is 7.44. The van der Waals surface area contributed by atoms with Gasteiger partial charge in [0.2, 0.25) is 5.95 Å². The molecule has 1 unspecified atom stereocenters. The molecule has 0 fully saturated rings. The van der Waals surface area contributed by atoms with Gasteiger partial charge < -0.3 is 5.32 Å². The molecule has 0 saturated carbocycles. The second-order valence-corrected chi connectivity index (χ2v) is 5.37. The Bertz CT molecular complexity index is 780. The lowest BCUT2D eigenvalue weighted by molar-refractivity contribution is 0.683. The lowest BCUT2D eigenvalue weighted by atomic mass is 9.99. The van der Waals surface area contributed by atoms with Crippen molar-refractivity contribution in [3.8, 4) is 0 Å². The molecular weight excluding hydrogens is 262 g/mol. The molecule has 1 aromatic rings. The molecule has 1 aliphatic carbocycles. The summed E-state index contributed by atoms with van der Waals surface area (Å²) in [6.07, 6.45) is 9.31. The van der Waals surface area contributed by atoms with Crippen molar-refractivity contribution in [2.24, 2.45) is 0 Å². The van der Waals surface area contributed by atoms with Crippen LogP contribution >= 0.6 is 0 Å².